The van der Waals surface area contributed by atoms with Gasteiger partial charge in [-0.2, -0.15) is 5.10 Å². The Morgan fingerprint density at radius 3 is 3.00 bits per heavy atom. The lowest BCUT2D eigenvalue weighted by Crippen LogP contribution is -1.94. The first-order valence-corrected chi connectivity index (χ1v) is 5.38. The number of hydrogen-bond donors (Lipinski definition) is 1. The van der Waals surface area contributed by atoms with Gasteiger partial charge in [-0.3, -0.25) is 4.68 Å². The molecule has 0 unspecified atom stereocenters. The van der Waals surface area contributed by atoms with Crippen LogP contribution in [-0.4, -0.2) is 14.8 Å². The Morgan fingerprint density at radius 1 is 1.57 bits per heavy atom. The summed E-state index contributed by atoms with van der Waals surface area (Å²) in [6.07, 6.45) is 3.83. The van der Waals surface area contributed by atoms with E-state index >= 15 is 0 Å². The van der Waals surface area contributed by atoms with Gasteiger partial charge in [0.15, 0.2) is 0 Å². The number of rotatable bonds is 3. The third kappa shape index (κ3) is 1.69. The molecule has 0 aliphatic rings. The Kier molecular flexibility index (Phi) is 2.60. The first-order valence-electron chi connectivity index (χ1n) is 4.50. The Balaban J connectivity index is 2.29. The predicted octanol–water partition coefficient (Wildman–Crippen LogP) is 1.49. The van der Waals surface area contributed by atoms with Gasteiger partial charge in [-0.15, -0.1) is 11.3 Å². The van der Waals surface area contributed by atoms with E-state index < -0.39 is 0 Å². The average Bonchev–Trinajstić information content (AvgIpc) is 2.86. The van der Waals surface area contributed by atoms with Crippen LogP contribution in [-0.2, 0) is 13.1 Å². The molecular formula is C9H12N4S. The fourth-order valence-corrected chi connectivity index (χ4v) is 1.89. The SMILES string of the molecule is CCn1cc(-c2csc(CN)n2)cn1. The molecular weight excluding hydrogens is 196 g/mol. The van der Waals surface area contributed by atoms with Crippen molar-refractivity contribution in [2.24, 2.45) is 5.73 Å². The fourth-order valence-electron chi connectivity index (χ4n) is 1.21. The minimum absolute atomic E-state index is 0.507. The van der Waals surface area contributed by atoms with Crippen LogP contribution in [0.1, 0.15) is 11.9 Å². The summed E-state index contributed by atoms with van der Waals surface area (Å²) in [6.45, 7) is 3.45. The second kappa shape index (κ2) is 3.89. The molecule has 0 atom stereocenters. The molecule has 2 heterocycles. The van der Waals surface area contributed by atoms with Gasteiger partial charge in [0.2, 0.25) is 0 Å². The lowest BCUT2D eigenvalue weighted by molar-refractivity contribution is 0.660. The van der Waals surface area contributed by atoms with Crippen LogP contribution in [0.2, 0.25) is 0 Å². The van der Waals surface area contributed by atoms with Crippen LogP contribution in [0.5, 0.6) is 0 Å². The van der Waals surface area contributed by atoms with E-state index in [2.05, 4.69) is 17.0 Å². The van der Waals surface area contributed by atoms with Crippen molar-refractivity contribution < 1.29 is 0 Å². The standard InChI is InChI=1S/C9H12N4S/c1-2-13-5-7(4-11-13)8-6-14-9(3-10)12-8/h4-6H,2-3,10H2,1H3. The van der Waals surface area contributed by atoms with Gasteiger partial charge in [-0.1, -0.05) is 0 Å². The number of hydrogen-bond acceptors (Lipinski definition) is 4. The first kappa shape index (κ1) is 9.36. The van der Waals surface area contributed by atoms with Gasteiger partial charge < -0.3 is 5.73 Å². The second-order valence-electron chi connectivity index (χ2n) is 2.92. The summed E-state index contributed by atoms with van der Waals surface area (Å²) in [7, 11) is 0. The maximum Gasteiger partial charge on any atom is 0.107 e. The zero-order valence-electron chi connectivity index (χ0n) is 7.97. The van der Waals surface area contributed by atoms with E-state index in [0.717, 1.165) is 22.8 Å². The van der Waals surface area contributed by atoms with Crippen molar-refractivity contribution in [1.29, 1.82) is 0 Å². The molecule has 14 heavy (non-hydrogen) atoms. The Morgan fingerprint density at radius 2 is 2.43 bits per heavy atom. The highest BCUT2D eigenvalue weighted by Crippen LogP contribution is 2.20. The summed E-state index contributed by atoms with van der Waals surface area (Å²) < 4.78 is 1.89. The van der Waals surface area contributed by atoms with Crippen LogP contribution < -0.4 is 5.73 Å². The van der Waals surface area contributed by atoms with Gasteiger partial charge in [-0.25, -0.2) is 4.98 Å². The summed E-state index contributed by atoms with van der Waals surface area (Å²) in [5.74, 6) is 0. The fraction of sp³-hybridized carbons (Fsp3) is 0.333. The van der Waals surface area contributed by atoms with Crippen molar-refractivity contribution in [3.8, 4) is 11.3 Å². The quantitative estimate of drug-likeness (QED) is 0.831. The van der Waals surface area contributed by atoms with Crippen molar-refractivity contribution in [1.82, 2.24) is 14.8 Å². The molecule has 0 aliphatic carbocycles. The van der Waals surface area contributed by atoms with Crippen molar-refractivity contribution >= 4 is 11.3 Å². The molecule has 0 amide bonds. The van der Waals surface area contributed by atoms with E-state index in [1.54, 1.807) is 11.3 Å². The number of aryl methyl sites for hydroxylation is 1. The van der Waals surface area contributed by atoms with Crippen molar-refractivity contribution in [2.45, 2.75) is 20.0 Å². The molecule has 0 saturated carbocycles. The topological polar surface area (TPSA) is 56.7 Å². The van der Waals surface area contributed by atoms with Gasteiger partial charge in [0.25, 0.3) is 0 Å². The molecule has 0 spiro atoms. The van der Waals surface area contributed by atoms with E-state index in [-0.39, 0.29) is 0 Å². The summed E-state index contributed by atoms with van der Waals surface area (Å²) in [5, 5.41) is 7.17. The highest BCUT2D eigenvalue weighted by Gasteiger charge is 2.05. The molecule has 0 aromatic carbocycles. The van der Waals surface area contributed by atoms with E-state index in [1.807, 2.05) is 22.5 Å². The van der Waals surface area contributed by atoms with Gasteiger partial charge in [0.1, 0.15) is 5.01 Å². The minimum Gasteiger partial charge on any atom is -0.325 e. The molecule has 5 heteroatoms. The molecule has 4 nitrogen and oxygen atoms in total. The predicted molar refractivity (Wildman–Crippen MR) is 56.9 cm³/mol. The third-order valence-electron chi connectivity index (χ3n) is 1.98. The molecule has 0 fully saturated rings. The number of nitrogens with two attached hydrogens (primary N) is 1. The van der Waals surface area contributed by atoms with Gasteiger partial charge >= 0.3 is 0 Å². The van der Waals surface area contributed by atoms with Crippen molar-refractivity contribution in [2.75, 3.05) is 0 Å². The Bertz CT molecular complexity index is 378. The van der Waals surface area contributed by atoms with E-state index in [4.69, 9.17) is 5.73 Å². The normalized spacial score (nSPS) is 10.7. The van der Waals surface area contributed by atoms with Crippen molar-refractivity contribution in [3.63, 3.8) is 0 Å². The van der Waals surface area contributed by atoms with Crippen LogP contribution in [0.3, 0.4) is 0 Å². The molecule has 2 N–H and O–H groups in total. The molecule has 2 aromatic rings. The number of thiazole rings is 1. The second-order valence-corrected chi connectivity index (χ2v) is 3.86. The molecule has 0 radical (unpaired) electrons. The number of aromatic nitrogens is 3. The zero-order chi connectivity index (χ0) is 9.97. The summed E-state index contributed by atoms with van der Waals surface area (Å²) in [6, 6.07) is 0. The monoisotopic (exact) mass is 208 g/mol. The van der Waals surface area contributed by atoms with Crippen molar-refractivity contribution in [3.05, 3.63) is 22.8 Å². The smallest absolute Gasteiger partial charge is 0.107 e. The third-order valence-corrected chi connectivity index (χ3v) is 2.85. The average molecular weight is 208 g/mol. The molecule has 0 bridgehead atoms. The molecule has 2 aromatic heterocycles. The number of nitrogens with zero attached hydrogens (tertiary/aromatic N) is 3. The summed E-state index contributed by atoms with van der Waals surface area (Å²) in [4.78, 5) is 4.39. The molecule has 0 saturated heterocycles. The molecule has 74 valence electrons. The van der Waals surface area contributed by atoms with Crippen LogP contribution >= 0.6 is 11.3 Å². The van der Waals surface area contributed by atoms with Crippen LogP contribution in [0.15, 0.2) is 17.8 Å². The lowest BCUT2D eigenvalue weighted by Gasteiger charge is -1.90. The zero-order valence-corrected chi connectivity index (χ0v) is 8.79. The Labute approximate surface area is 86.4 Å². The van der Waals surface area contributed by atoms with E-state index in [9.17, 15) is 0 Å². The molecule has 2 rings (SSSR count). The van der Waals surface area contributed by atoms with Crippen LogP contribution in [0.25, 0.3) is 11.3 Å². The highest BCUT2D eigenvalue weighted by atomic mass is 32.1. The first-order chi connectivity index (χ1) is 6.83. The summed E-state index contributed by atoms with van der Waals surface area (Å²) >= 11 is 1.59. The largest absolute Gasteiger partial charge is 0.325 e. The maximum absolute atomic E-state index is 5.50. The Hall–Kier alpha value is -1.20. The lowest BCUT2D eigenvalue weighted by atomic mass is 10.3. The minimum atomic E-state index is 0.507. The van der Waals surface area contributed by atoms with E-state index in [0.29, 0.717) is 6.54 Å². The van der Waals surface area contributed by atoms with Gasteiger partial charge in [0, 0.05) is 30.2 Å². The van der Waals surface area contributed by atoms with Gasteiger partial charge in [-0.05, 0) is 6.92 Å². The van der Waals surface area contributed by atoms with Crippen LogP contribution in [0, 0.1) is 0 Å². The highest BCUT2D eigenvalue weighted by molar-refractivity contribution is 7.09. The van der Waals surface area contributed by atoms with E-state index in [1.165, 1.54) is 0 Å². The summed E-state index contributed by atoms with van der Waals surface area (Å²) in [5.41, 5.74) is 7.53. The maximum atomic E-state index is 5.50. The van der Waals surface area contributed by atoms with Gasteiger partial charge in [0.05, 0.1) is 11.9 Å². The molecule has 0 aliphatic heterocycles. The van der Waals surface area contributed by atoms with Crippen LogP contribution in [0.4, 0.5) is 0 Å².